The number of hydrogen-bond donors (Lipinski definition) is 1. The summed E-state index contributed by atoms with van der Waals surface area (Å²) in [4.78, 5) is 13.9. The molecular weight excluding hydrogens is 228 g/mol. The summed E-state index contributed by atoms with van der Waals surface area (Å²) >= 11 is 0. The first-order valence-corrected chi connectivity index (χ1v) is 7.08. The Morgan fingerprint density at radius 1 is 1.44 bits per heavy atom. The van der Waals surface area contributed by atoms with Gasteiger partial charge in [0.15, 0.2) is 0 Å². The van der Waals surface area contributed by atoms with E-state index >= 15 is 0 Å². The second-order valence-corrected chi connectivity index (χ2v) is 5.43. The number of ether oxygens (including phenoxy) is 1. The third kappa shape index (κ3) is 5.36. The van der Waals surface area contributed by atoms with E-state index < -0.39 is 0 Å². The minimum Gasteiger partial charge on any atom is -0.385 e. The van der Waals surface area contributed by atoms with E-state index in [0.29, 0.717) is 18.3 Å². The van der Waals surface area contributed by atoms with E-state index in [4.69, 9.17) is 4.74 Å². The van der Waals surface area contributed by atoms with E-state index in [1.54, 1.807) is 7.11 Å². The van der Waals surface area contributed by atoms with Crippen molar-refractivity contribution in [2.75, 3.05) is 40.4 Å². The highest BCUT2D eigenvalue weighted by Crippen LogP contribution is 2.24. The summed E-state index contributed by atoms with van der Waals surface area (Å²) in [5, 5.41) is 3.37. The molecule has 1 atom stereocenters. The predicted octanol–water partition coefficient (Wildman–Crippen LogP) is 1.51. The van der Waals surface area contributed by atoms with Crippen LogP contribution < -0.4 is 5.32 Å². The maximum absolute atomic E-state index is 12.1. The van der Waals surface area contributed by atoms with Gasteiger partial charge in [-0.05, 0) is 44.2 Å². The average Bonchev–Trinajstić information content (AvgIpc) is 2.39. The number of piperidine rings is 1. The Kier molecular flexibility index (Phi) is 7.28. The van der Waals surface area contributed by atoms with Crippen LogP contribution in [0.25, 0.3) is 0 Å². The second-order valence-electron chi connectivity index (χ2n) is 5.43. The minimum absolute atomic E-state index is 0.275. The molecule has 1 heterocycles. The second kappa shape index (κ2) is 8.48. The van der Waals surface area contributed by atoms with Crippen LogP contribution in [0.2, 0.25) is 0 Å². The molecule has 4 heteroatoms. The fourth-order valence-electron chi connectivity index (χ4n) is 2.58. The van der Waals surface area contributed by atoms with E-state index in [-0.39, 0.29) is 5.91 Å². The predicted molar refractivity (Wildman–Crippen MR) is 73.5 cm³/mol. The molecule has 1 N–H and O–H groups in total. The first-order chi connectivity index (χ1) is 8.65. The lowest BCUT2D eigenvalue weighted by atomic mass is 9.84. The number of rotatable bonds is 7. The molecule has 0 radical (unpaired) electrons. The van der Waals surface area contributed by atoms with Gasteiger partial charge in [0, 0.05) is 33.7 Å². The van der Waals surface area contributed by atoms with Crippen LogP contribution in [0.5, 0.6) is 0 Å². The number of carbonyl (C=O) groups is 1. The highest BCUT2D eigenvalue weighted by atomic mass is 16.5. The van der Waals surface area contributed by atoms with Crippen molar-refractivity contribution in [3.05, 3.63) is 0 Å². The number of nitrogens with one attached hydrogen (secondary N) is 1. The highest BCUT2D eigenvalue weighted by Gasteiger charge is 2.23. The van der Waals surface area contributed by atoms with Crippen LogP contribution in [0.4, 0.5) is 0 Å². The van der Waals surface area contributed by atoms with Crippen LogP contribution in [-0.2, 0) is 9.53 Å². The fourth-order valence-corrected chi connectivity index (χ4v) is 2.58. The van der Waals surface area contributed by atoms with Gasteiger partial charge in [0.1, 0.15) is 0 Å². The zero-order valence-electron chi connectivity index (χ0n) is 12.1. The molecule has 18 heavy (non-hydrogen) atoms. The van der Waals surface area contributed by atoms with Gasteiger partial charge in [-0.2, -0.15) is 0 Å². The van der Waals surface area contributed by atoms with Crippen molar-refractivity contribution in [2.24, 2.45) is 11.8 Å². The van der Waals surface area contributed by atoms with Crippen molar-refractivity contribution in [3.63, 3.8) is 0 Å². The standard InChI is InChI=1S/C14H28N2O2/c1-12(13-5-7-15-8-6-13)11-14(17)16(2)9-4-10-18-3/h12-13,15H,4-11H2,1-3H3. The quantitative estimate of drug-likeness (QED) is 0.702. The topological polar surface area (TPSA) is 41.6 Å². The molecule has 106 valence electrons. The molecule has 0 aliphatic carbocycles. The van der Waals surface area contributed by atoms with Crippen LogP contribution in [0.3, 0.4) is 0 Å². The monoisotopic (exact) mass is 256 g/mol. The molecule has 1 rings (SSSR count). The maximum atomic E-state index is 12.1. The molecule has 0 spiro atoms. The van der Waals surface area contributed by atoms with E-state index in [1.165, 1.54) is 12.8 Å². The normalized spacial score (nSPS) is 18.6. The van der Waals surface area contributed by atoms with E-state index in [2.05, 4.69) is 12.2 Å². The number of nitrogens with zero attached hydrogens (tertiary/aromatic N) is 1. The van der Waals surface area contributed by atoms with Crippen molar-refractivity contribution in [3.8, 4) is 0 Å². The highest BCUT2D eigenvalue weighted by molar-refractivity contribution is 5.76. The van der Waals surface area contributed by atoms with Gasteiger partial charge in [0.25, 0.3) is 0 Å². The smallest absolute Gasteiger partial charge is 0.222 e. The Hall–Kier alpha value is -0.610. The van der Waals surface area contributed by atoms with Crippen LogP contribution >= 0.6 is 0 Å². The van der Waals surface area contributed by atoms with Gasteiger partial charge in [-0.25, -0.2) is 0 Å². The molecule has 4 nitrogen and oxygen atoms in total. The Bertz CT molecular complexity index is 240. The molecule has 1 saturated heterocycles. The molecule has 1 fully saturated rings. The van der Waals surface area contributed by atoms with Crippen molar-refractivity contribution < 1.29 is 9.53 Å². The van der Waals surface area contributed by atoms with E-state index in [0.717, 1.165) is 32.7 Å². The Balaban J connectivity index is 2.24. The molecule has 1 amide bonds. The largest absolute Gasteiger partial charge is 0.385 e. The molecule has 1 aliphatic heterocycles. The third-order valence-corrected chi connectivity index (χ3v) is 3.95. The van der Waals surface area contributed by atoms with Crippen LogP contribution in [-0.4, -0.2) is 51.2 Å². The summed E-state index contributed by atoms with van der Waals surface area (Å²) in [5.41, 5.74) is 0. The first-order valence-electron chi connectivity index (χ1n) is 7.08. The molecule has 0 aromatic heterocycles. The third-order valence-electron chi connectivity index (χ3n) is 3.95. The van der Waals surface area contributed by atoms with Crippen LogP contribution in [0.1, 0.15) is 32.6 Å². The van der Waals surface area contributed by atoms with E-state index in [9.17, 15) is 4.79 Å². The van der Waals surface area contributed by atoms with Gasteiger partial charge in [-0.1, -0.05) is 6.92 Å². The summed E-state index contributed by atoms with van der Waals surface area (Å²) in [6.07, 6.45) is 4.03. The molecule has 0 aromatic carbocycles. The van der Waals surface area contributed by atoms with Crippen molar-refractivity contribution in [2.45, 2.75) is 32.6 Å². The van der Waals surface area contributed by atoms with Gasteiger partial charge in [0.2, 0.25) is 5.91 Å². The molecule has 0 bridgehead atoms. The molecule has 0 saturated carbocycles. The minimum atomic E-state index is 0.275. The van der Waals surface area contributed by atoms with Gasteiger partial charge < -0.3 is 15.0 Å². The Morgan fingerprint density at radius 3 is 2.72 bits per heavy atom. The van der Waals surface area contributed by atoms with Crippen LogP contribution in [0, 0.1) is 11.8 Å². The lowest BCUT2D eigenvalue weighted by Gasteiger charge is -2.29. The number of carbonyl (C=O) groups excluding carboxylic acids is 1. The summed E-state index contributed by atoms with van der Waals surface area (Å²) in [6, 6.07) is 0. The zero-order valence-corrected chi connectivity index (χ0v) is 12.1. The molecule has 0 aromatic rings. The molecule has 1 unspecified atom stereocenters. The van der Waals surface area contributed by atoms with Gasteiger partial charge >= 0.3 is 0 Å². The van der Waals surface area contributed by atoms with Crippen molar-refractivity contribution in [1.82, 2.24) is 10.2 Å². The molecule has 1 aliphatic rings. The van der Waals surface area contributed by atoms with Crippen LogP contribution in [0.15, 0.2) is 0 Å². The zero-order chi connectivity index (χ0) is 13.4. The number of hydrogen-bond acceptors (Lipinski definition) is 3. The lowest BCUT2D eigenvalue weighted by Crippen LogP contribution is -2.34. The summed E-state index contributed by atoms with van der Waals surface area (Å²) in [7, 11) is 3.59. The fraction of sp³-hybridized carbons (Fsp3) is 0.929. The first kappa shape index (κ1) is 15.4. The van der Waals surface area contributed by atoms with Crippen molar-refractivity contribution >= 4 is 5.91 Å². The lowest BCUT2D eigenvalue weighted by molar-refractivity contribution is -0.131. The summed E-state index contributed by atoms with van der Waals surface area (Å²) < 4.78 is 5.00. The molecular formula is C14H28N2O2. The van der Waals surface area contributed by atoms with Gasteiger partial charge in [-0.15, -0.1) is 0 Å². The number of methoxy groups -OCH3 is 1. The Morgan fingerprint density at radius 2 is 2.11 bits per heavy atom. The number of amides is 1. The van der Waals surface area contributed by atoms with Gasteiger partial charge in [-0.3, -0.25) is 4.79 Å². The Labute approximate surface area is 111 Å². The SMILES string of the molecule is COCCCN(C)C(=O)CC(C)C1CCNCC1. The van der Waals surface area contributed by atoms with Gasteiger partial charge in [0.05, 0.1) is 0 Å². The maximum Gasteiger partial charge on any atom is 0.222 e. The van der Waals surface area contributed by atoms with Crippen molar-refractivity contribution in [1.29, 1.82) is 0 Å². The van der Waals surface area contributed by atoms with E-state index in [1.807, 2.05) is 11.9 Å². The summed E-state index contributed by atoms with van der Waals surface area (Å²) in [5.74, 6) is 1.49. The summed E-state index contributed by atoms with van der Waals surface area (Å²) in [6.45, 7) is 5.95. The average molecular weight is 256 g/mol.